The Morgan fingerprint density at radius 1 is 0.625 bits per heavy atom. The summed E-state index contributed by atoms with van der Waals surface area (Å²) in [5.41, 5.74) is 3.97. The van der Waals surface area contributed by atoms with E-state index < -0.39 is 5.25 Å². The third-order valence-corrected chi connectivity index (χ3v) is 7.39. The highest BCUT2D eigenvalue weighted by molar-refractivity contribution is 8.00. The number of para-hydroxylation sites is 1. The molecule has 0 radical (unpaired) electrons. The van der Waals surface area contributed by atoms with Gasteiger partial charge in [0.15, 0.2) is 0 Å². The van der Waals surface area contributed by atoms with Gasteiger partial charge in [-0.15, -0.1) is 11.8 Å². The van der Waals surface area contributed by atoms with Crippen molar-refractivity contribution in [3.63, 3.8) is 0 Å². The van der Waals surface area contributed by atoms with Crippen LogP contribution in [-0.4, -0.2) is 11.8 Å². The standard InChI is InChI=1S/C34H28N2O3S/c1-24-12-14-26(15-13-24)33(37)35-28-18-22-31(23-19-28)40-32(25-8-4-2-5-9-25)34(38)36-27-16-20-30(21-17-27)39-29-10-6-3-7-11-29/h2-23,32H,1H3,(H,35,37)(H,36,38). The third kappa shape index (κ3) is 7.18. The van der Waals surface area contributed by atoms with Crippen molar-refractivity contribution in [2.45, 2.75) is 17.1 Å². The Kier molecular flexibility index (Phi) is 8.59. The first-order valence-electron chi connectivity index (χ1n) is 12.9. The van der Waals surface area contributed by atoms with E-state index in [-0.39, 0.29) is 11.8 Å². The second-order valence-electron chi connectivity index (χ2n) is 9.18. The van der Waals surface area contributed by atoms with Crippen molar-refractivity contribution in [3.8, 4) is 11.5 Å². The van der Waals surface area contributed by atoms with E-state index in [0.29, 0.717) is 22.7 Å². The number of amides is 2. The smallest absolute Gasteiger partial charge is 0.255 e. The summed E-state index contributed by atoms with van der Waals surface area (Å²) in [5, 5.41) is 5.49. The van der Waals surface area contributed by atoms with Gasteiger partial charge >= 0.3 is 0 Å². The number of ether oxygens (including phenoxy) is 1. The lowest BCUT2D eigenvalue weighted by Gasteiger charge is -2.18. The number of nitrogens with one attached hydrogen (secondary N) is 2. The first kappa shape index (κ1) is 26.8. The zero-order chi connectivity index (χ0) is 27.7. The number of carbonyl (C=O) groups excluding carboxylic acids is 2. The summed E-state index contributed by atoms with van der Waals surface area (Å²) in [4.78, 5) is 26.9. The molecule has 1 atom stereocenters. The topological polar surface area (TPSA) is 67.4 Å². The molecule has 2 amide bonds. The lowest BCUT2D eigenvalue weighted by molar-refractivity contribution is -0.115. The Morgan fingerprint density at radius 2 is 1.18 bits per heavy atom. The van der Waals surface area contributed by atoms with Gasteiger partial charge in [0.05, 0.1) is 0 Å². The molecule has 1 unspecified atom stereocenters. The molecular formula is C34H28N2O3S. The summed E-state index contributed by atoms with van der Waals surface area (Å²) in [6.45, 7) is 1.98. The van der Waals surface area contributed by atoms with Gasteiger partial charge in [0.1, 0.15) is 16.7 Å². The number of carbonyl (C=O) groups is 2. The molecule has 0 spiro atoms. The minimum Gasteiger partial charge on any atom is -0.457 e. The summed E-state index contributed by atoms with van der Waals surface area (Å²) < 4.78 is 5.85. The maximum atomic E-state index is 13.5. The van der Waals surface area contributed by atoms with Crippen LogP contribution in [-0.2, 0) is 4.79 Å². The fourth-order valence-electron chi connectivity index (χ4n) is 4.00. The van der Waals surface area contributed by atoms with Crippen LogP contribution in [0.15, 0.2) is 138 Å². The zero-order valence-electron chi connectivity index (χ0n) is 21.9. The van der Waals surface area contributed by atoms with E-state index >= 15 is 0 Å². The number of anilines is 2. The van der Waals surface area contributed by atoms with Gasteiger partial charge in [0.2, 0.25) is 5.91 Å². The predicted octanol–water partition coefficient (Wildman–Crippen LogP) is 8.51. The molecule has 5 aromatic carbocycles. The molecule has 0 saturated carbocycles. The van der Waals surface area contributed by atoms with E-state index in [1.165, 1.54) is 11.8 Å². The average molecular weight is 545 g/mol. The molecule has 0 saturated heterocycles. The maximum Gasteiger partial charge on any atom is 0.255 e. The Labute approximate surface area is 238 Å². The molecule has 198 valence electrons. The quantitative estimate of drug-likeness (QED) is 0.183. The van der Waals surface area contributed by atoms with Crippen LogP contribution in [0, 0.1) is 6.92 Å². The van der Waals surface area contributed by atoms with Gasteiger partial charge in [-0.2, -0.15) is 0 Å². The molecule has 0 aliphatic carbocycles. The molecule has 0 fully saturated rings. The molecule has 0 aliphatic rings. The summed E-state index contributed by atoms with van der Waals surface area (Å²) in [5.74, 6) is 1.14. The summed E-state index contributed by atoms with van der Waals surface area (Å²) >= 11 is 1.45. The number of hydrogen-bond donors (Lipinski definition) is 2. The van der Waals surface area contributed by atoms with Gasteiger partial charge < -0.3 is 15.4 Å². The van der Waals surface area contributed by atoms with Crippen LogP contribution in [0.4, 0.5) is 11.4 Å². The van der Waals surface area contributed by atoms with Gasteiger partial charge in [-0.3, -0.25) is 9.59 Å². The molecule has 6 heteroatoms. The highest BCUT2D eigenvalue weighted by Crippen LogP contribution is 2.37. The van der Waals surface area contributed by atoms with Gasteiger partial charge in [-0.25, -0.2) is 0 Å². The van der Waals surface area contributed by atoms with Crippen molar-refractivity contribution in [1.82, 2.24) is 0 Å². The van der Waals surface area contributed by atoms with Crippen LogP contribution in [0.1, 0.15) is 26.7 Å². The second kappa shape index (κ2) is 12.8. The van der Waals surface area contributed by atoms with Crippen molar-refractivity contribution in [2.24, 2.45) is 0 Å². The Balaban J connectivity index is 1.26. The fourth-order valence-corrected chi connectivity index (χ4v) is 5.03. The van der Waals surface area contributed by atoms with Crippen molar-refractivity contribution >= 4 is 35.0 Å². The van der Waals surface area contributed by atoms with Crippen LogP contribution < -0.4 is 15.4 Å². The maximum absolute atomic E-state index is 13.5. The number of thioether (sulfide) groups is 1. The Hall–Kier alpha value is -4.81. The van der Waals surface area contributed by atoms with Crippen LogP contribution in [0.2, 0.25) is 0 Å². The monoisotopic (exact) mass is 544 g/mol. The Morgan fingerprint density at radius 3 is 1.82 bits per heavy atom. The van der Waals surface area contributed by atoms with E-state index in [0.717, 1.165) is 21.8 Å². The van der Waals surface area contributed by atoms with Crippen molar-refractivity contribution in [1.29, 1.82) is 0 Å². The molecule has 0 heterocycles. The molecule has 40 heavy (non-hydrogen) atoms. The number of hydrogen-bond acceptors (Lipinski definition) is 4. The minimum atomic E-state index is -0.477. The summed E-state index contributed by atoms with van der Waals surface area (Å²) in [6, 6.07) is 41.5. The molecule has 2 N–H and O–H groups in total. The molecule has 5 aromatic rings. The zero-order valence-corrected chi connectivity index (χ0v) is 22.7. The molecule has 0 aromatic heterocycles. The second-order valence-corrected chi connectivity index (χ2v) is 10.4. The van der Waals surface area contributed by atoms with E-state index in [4.69, 9.17) is 4.74 Å². The average Bonchev–Trinajstić information content (AvgIpc) is 2.99. The highest BCUT2D eigenvalue weighted by atomic mass is 32.2. The van der Waals surface area contributed by atoms with E-state index in [9.17, 15) is 9.59 Å². The predicted molar refractivity (Wildman–Crippen MR) is 162 cm³/mol. The summed E-state index contributed by atoms with van der Waals surface area (Å²) in [6.07, 6.45) is 0. The molecule has 0 aliphatic heterocycles. The highest BCUT2D eigenvalue weighted by Gasteiger charge is 2.22. The SMILES string of the molecule is Cc1ccc(C(=O)Nc2ccc(SC(C(=O)Nc3ccc(Oc4ccccc4)cc3)c3ccccc3)cc2)cc1. The number of rotatable bonds is 9. The summed E-state index contributed by atoms with van der Waals surface area (Å²) in [7, 11) is 0. The molecule has 5 nitrogen and oxygen atoms in total. The van der Waals surface area contributed by atoms with Gasteiger partial charge in [0, 0.05) is 21.8 Å². The fraction of sp³-hybridized carbons (Fsp3) is 0.0588. The molecule has 5 rings (SSSR count). The molecule has 0 bridgehead atoms. The van der Waals surface area contributed by atoms with Gasteiger partial charge in [-0.05, 0) is 85.3 Å². The van der Waals surface area contributed by atoms with Crippen LogP contribution in [0.25, 0.3) is 0 Å². The molecular weight excluding hydrogens is 516 g/mol. The lowest BCUT2D eigenvalue weighted by Crippen LogP contribution is -2.19. The third-order valence-electron chi connectivity index (χ3n) is 6.12. The number of aryl methyl sites for hydroxylation is 1. The first-order chi connectivity index (χ1) is 19.5. The van der Waals surface area contributed by atoms with Gasteiger partial charge in [-0.1, -0.05) is 66.2 Å². The first-order valence-corrected chi connectivity index (χ1v) is 13.7. The van der Waals surface area contributed by atoms with Crippen molar-refractivity contribution in [2.75, 3.05) is 10.6 Å². The lowest BCUT2D eigenvalue weighted by atomic mass is 10.1. The van der Waals surface area contributed by atoms with Crippen molar-refractivity contribution in [3.05, 3.63) is 150 Å². The van der Waals surface area contributed by atoms with Crippen LogP contribution >= 0.6 is 11.8 Å². The van der Waals surface area contributed by atoms with Crippen LogP contribution in [0.3, 0.4) is 0 Å². The van der Waals surface area contributed by atoms with E-state index in [1.54, 1.807) is 0 Å². The number of benzene rings is 5. The Bertz CT molecular complexity index is 1550. The normalized spacial score (nSPS) is 11.3. The van der Waals surface area contributed by atoms with Crippen molar-refractivity contribution < 1.29 is 14.3 Å². The van der Waals surface area contributed by atoms with Crippen LogP contribution in [0.5, 0.6) is 11.5 Å². The largest absolute Gasteiger partial charge is 0.457 e. The van der Waals surface area contributed by atoms with E-state index in [1.807, 2.05) is 140 Å². The van der Waals surface area contributed by atoms with E-state index in [2.05, 4.69) is 10.6 Å². The minimum absolute atomic E-state index is 0.135. The van der Waals surface area contributed by atoms with Gasteiger partial charge in [0.25, 0.3) is 5.91 Å².